The van der Waals surface area contributed by atoms with Crippen LogP contribution in [0.4, 0.5) is 0 Å². The van der Waals surface area contributed by atoms with Crippen molar-refractivity contribution in [3.05, 3.63) is 41.6 Å². The van der Waals surface area contributed by atoms with E-state index < -0.39 is 0 Å². The smallest absolute Gasteiger partial charge is 0.0270 e. The molecule has 0 atom stereocenters. The van der Waals surface area contributed by atoms with Crippen LogP contribution in [0.1, 0.15) is 30.9 Å². The average Bonchev–Trinajstić information content (AvgIpc) is 2.26. The van der Waals surface area contributed by atoms with Crippen molar-refractivity contribution in [1.29, 1.82) is 5.41 Å². The minimum atomic E-state index is 0.520. The second kappa shape index (κ2) is 5.35. The maximum Gasteiger partial charge on any atom is 0.0270 e. The fourth-order valence-electron chi connectivity index (χ4n) is 1.44. The molecule has 0 fully saturated rings. The summed E-state index contributed by atoms with van der Waals surface area (Å²) in [6.45, 7) is 4.34. The third-order valence-electron chi connectivity index (χ3n) is 2.34. The molecule has 2 nitrogen and oxygen atoms in total. The van der Waals surface area contributed by atoms with E-state index in [9.17, 15) is 0 Å². The van der Waals surface area contributed by atoms with Gasteiger partial charge in [0.15, 0.2) is 0 Å². The summed E-state index contributed by atoms with van der Waals surface area (Å²) in [5.74, 6) is 0.520. The molecule has 1 aromatic carbocycles. The van der Waals surface area contributed by atoms with Gasteiger partial charge in [0.1, 0.15) is 0 Å². The number of rotatable bonds is 4. The lowest BCUT2D eigenvalue weighted by molar-refractivity contribution is 0.866. The second-order valence-corrected chi connectivity index (χ2v) is 3.81. The van der Waals surface area contributed by atoms with Crippen molar-refractivity contribution in [3.63, 3.8) is 0 Å². The van der Waals surface area contributed by atoms with E-state index in [0.717, 1.165) is 11.1 Å². The second-order valence-electron chi connectivity index (χ2n) is 3.81. The topological polar surface area (TPSA) is 35.9 Å². The fourth-order valence-corrected chi connectivity index (χ4v) is 1.44. The van der Waals surface area contributed by atoms with Gasteiger partial charge >= 0.3 is 0 Å². The molecular weight excluding hydrogens is 184 g/mol. The number of allylic oxidation sites excluding steroid dienone is 1. The van der Waals surface area contributed by atoms with Crippen molar-refractivity contribution in [2.75, 3.05) is 7.05 Å². The zero-order valence-corrected chi connectivity index (χ0v) is 9.54. The molecule has 0 heterocycles. The molecule has 0 unspecified atom stereocenters. The highest BCUT2D eigenvalue weighted by Crippen LogP contribution is 2.19. The lowest BCUT2D eigenvalue weighted by Gasteiger charge is -2.08. The Hall–Kier alpha value is -1.57. The number of hydrogen-bond acceptors (Lipinski definition) is 2. The van der Waals surface area contributed by atoms with E-state index >= 15 is 0 Å². The van der Waals surface area contributed by atoms with Gasteiger partial charge in [0, 0.05) is 25.0 Å². The van der Waals surface area contributed by atoms with Crippen LogP contribution in [0.25, 0.3) is 5.57 Å². The van der Waals surface area contributed by atoms with Crippen LogP contribution in [0, 0.1) is 5.41 Å². The van der Waals surface area contributed by atoms with Gasteiger partial charge in [-0.1, -0.05) is 38.1 Å². The Morgan fingerprint density at radius 3 is 2.67 bits per heavy atom. The molecular formula is C13H18N2. The van der Waals surface area contributed by atoms with Crippen molar-refractivity contribution in [1.82, 2.24) is 5.32 Å². The van der Waals surface area contributed by atoms with Crippen molar-refractivity contribution >= 4 is 11.8 Å². The monoisotopic (exact) mass is 202 g/mol. The summed E-state index contributed by atoms with van der Waals surface area (Å²) in [6.07, 6.45) is 3.21. The summed E-state index contributed by atoms with van der Waals surface area (Å²) in [6, 6.07) is 8.33. The highest BCUT2D eigenvalue weighted by Gasteiger charge is 2.02. The van der Waals surface area contributed by atoms with Gasteiger partial charge in [0.05, 0.1) is 0 Å². The normalized spacial score (nSPS) is 11.6. The van der Waals surface area contributed by atoms with Crippen molar-refractivity contribution in [2.45, 2.75) is 19.8 Å². The predicted molar refractivity (Wildman–Crippen MR) is 66.4 cm³/mol. The minimum absolute atomic E-state index is 0.520. The molecule has 1 rings (SSSR count). The molecule has 0 aliphatic rings. The molecule has 1 aromatic rings. The van der Waals surface area contributed by atoms with E-state index in [1.54, 1.807) is 0 Å². The van der Waals surface area contributed by atoms with E-state index in [-0.39, 0.29) is 0 Å². The molecule has 0 saturated carbocycles. The van der Waals surface area contributed by atoms with E-state index in [0.29, 0.717) is 5.92 Å². The van der Waals surface area contributed by atoms with Gasteiger partial charge in [-0.2, -0.15) is 0 Å². The molecule has 0 amide bonds. The molecule has 0 aliphatic carbocycles. The summed E-state index contributed by atoms with van der Waals surface area (Å²) in [7, 11) is 1.84. The Morgan fingerprint density at radius 1 is 1.40 bits per heavy atom. The standard InChI is InChI=1S/C13H18N2/c1-10(2)11-5-4-6-12(7-11)13(8-14)9-15-3/h4-10,14-15H,1-3H3/b13-9+,14-8?. The van der Waals surface area contributed by atoms with Crippen LogP contribution < -0.4 is 5.32 Å². The Balaban J connectivity index is 3.08. The molecule has 0 radical (unpaired) electrons. The molecule has 0 bridgehead atoms. The molecule has 0 saturated heterocycles. The zero-order valence-electron chi connectivity index (χ0n) is 9.54. The average molecular weight is 202 g/mol. The van der Waals surface area contributed by atoms with Crippen LogP contribution >= 0.6 is 0 Å². The Kier molecular flexibility index (Phi) is 4.10. The van der Waals surface area contributed by atoms with Gasteiger partial charge < -0.3 is 10.7 Å². The van der Waals surface area contributed by atoms with E-state index in [1.807, 2.05) is 25.4 Å². The third kappa shape index (κ3) is 2.94. The molecule has 2 N–H and O–H groups in total. The summed E-state index contributed by atoms with van der Waals surface area (Å²) < 4.78 is 0. The summed E-state index contributed by atoms with van der Waals surface area (Å²) in [5.41, 5.74) is 3.29. The van der Waals surface area contributed by atoms with Crippen LogP contribution in [0.3, 0.4) is 0 Å². The largest absolute Gasteiger partial charge is 0.393 e. The number of benzene rings is 1. The van der Waals surface area contributed by atoms with Gasteiger partial charge in [0.25, 0.3) is 0 Å². The first kappa shape index (κ1) is 11.5. The predicted octanol–water partition coefficient (Wildman–Crippen LogP) is 3.02. The summed E-state index contributed by atoms with van der Waals surface area (Å²) >= 11 is 0. The van der Waals surface area contributed by atoms with Crippen molar-refractivity contribution < 1.29 is 0 Å². The van der Waals surface area contributed by atoms with Gasteiger partial charge in [-0.05, 0) is 17.0 Å². The van der Waals surface area contributed by atoms with Crippen molar-refractivity contribution in [2.24, 2.45) is 0 Å². The van der Waals surface area contributed by atoms with Crippen LogP contribution in [0.15, 0.2) is 30.5 Å². The van der Waals surface area contributed by atoms with Gasteiger partial charge in [-0.25, -0.2) is 0 Å². The molecule has 0 aliphatic heterocycles. The van der Waals surface area contributed by atoms with Crippen LogP contribution in [0.5, 0.6) is 0 Å². The highest BCUT2D eigenvalue weighted by atomic mass is 14.8. The highest BCUT2D eigenvalue weighted by molar-refractivity contribution is 6.08. The quantitative estimate of drug-likeness (QED) is 0.723. The molecule has 15 heavy (non-hydrogen) atoms. The third-order valence-corrected chi connectivity index (χ3v) is 2.34. The molecule has 0 spiro atoms. The van der Waals surface area contributed by atoms with Crippen molar-refractivity contribution in [3.8, 4) is 0 Å². The lowest BCUT2D eigenvalue weighted by Crippen LogP contribution is -1.98. The van der Waals surface area contributed by atoms with E-state index in [2.05, 4.69) is 31.3 Å². The Morgan fingerprint density at radius 2 is 2.13 bits per heavy atom. The van der Waals surface area contributed by atoms with Crippen LogP contribution in [0.2, 0.25) is 0 Å². The van der Waals surface area contributed by atoms with Gasteiger partial charge in [-0.15, -0.1) is 0 Å². The fraction of sp³-hybridized carbons (Fsp3) is 0.308. The van der Waals surface area contributed by atoms with Crippen LogP contribution in [-0.4, -0.2) is 13.3 Å². The maximum absolute atomic E-state index is 7.35. The first-order chi connectivity index (χ1) is 7.19. The Bertz CT molecular complexity index is 365. The van der Waals surface area contributed by atoms with Crippen LogP contribution in [-0.2, 0) is 0 Å². The maximum atomic E-state index is 7.35. The molecule has 0 aromatic heterocycles. The molecule has 2 heteroatoms. The SMILES string of the molecule is CN/C=C(\C=N)c1cccc(C(C)C)c1. The lowest BCUT2D eigenvalue weighted by atomic mass is 9.98. The minimum Gasteiger partial charge on any atom is -0.393 e. The van der Waals surface area contributed by atoms with E-state index in [4.69, 9.17) is 5.41 Å². The molecule has 80 valence electrons. The number of hydrogen-bond donors (Lipinski definition) is 2. The summed E-state index contributed by atoms with van der Waals surface area (Å²) in [4.78, 5) is 0. The van der Waals surface area contributed by atoms with Gasteiger partial charge in [-0.3, -0.25) is 0 Å². The Labute approximate surface area is 91.5 Å². The summed E-state index contributed by atoms with van der Waals surface area (Å²) in [5, 5.41) is 10.3. The number of nitrogens with one attached hydrogen (secondary N) is 2. The van der Waals surface area contributed by atoms with Gasteiger partial charge in [0.2, 0.25) is 0 Å². The van der Waals surface area contributed by atoms with E-state index in [1.165, 1.54) is 11.8 Å². The zero-order chi connectivity index (χ0) is 11.3. The first-order valence-electron chi connectivity index (χ1n) is 5.17. The first-order valence-corrected chi connectivity index (χ1v) is 5.17.